The number of fused-ring (bicyclic) bond motifs is 1. The normalized spacial score (nSPS) is 13.1. The Morgan fingerprint density at radius 2 is 2.12 bits per heavy atom. The predicted molar refractivity (Wildman–Crippen MR) is 85.1 cm³/mol. The van der Waals surface area contributed by atoms with Gasteiger partial charge in [-0.25, -0.2) is 0 Å². The van der Waals surface area contributed by atoms with Crippen molar-refractivity contribution in [2.24, 2.45) is 0 Å². The average Bonchev–Trinajstić information content (AvgIpc) is 2.59. The number of ether oxygens (including phenoxy) is 3. The molecule has 1 N–H and O–H groups in total. The summed E-state index contributed by atoms with van der Waals surface area (Å²) in [4.78, 5) is 10.3. The van der Waals surface area contributed by atoms with Gasteiger partial charge in [-0.3, -0.25) is 10.1 Å². The quantitative estimate of drug-likeness (QED) is 0.657. The van der Waals surface area contributed by atoms with E-state index < -0.39 is 4.92 Å². The molecule has 0 spiro atoms. The standard InChI is InChI=1S/C16H14ClNO6/c17-13-3-11-7-22-9-24-16(11)12(4-13)8-23-15-2-1-14(18(20)21)5-10(15)6-19/h1-5,19H,6-9H2. The number of aliphatic hydroxyl groups excluding tert-OH is 1. The number of non-ortho nitro benzene ring substituents is 1. The highest BCUT2D eigenvalue weighted by atomic mass is 35.5. The first kappa shape index (κ1) is 16.5. The number of aliphatic hydroxyl groups is 1. The third-order valence-electron chi connectivity index (χ3n) is 3.56. The fraction of sp³-hybridized carbons (Fsp3) is 0.250. The lowest BCUT2D eigenvalue weighted by molar-refractivity contribution is -0.385. The van der Waals surface area contributed by atoms with Crippen LogP contribution in [-0.2, 0) is 24.6 Å². The Morgan fingerprint density at radius 1 is 1.29 bits per heavy atom. The van der Waals surface area contributed by atoms with Crippen molar-refractivity contribution in [1.82, 2.24) is 0 Å². The van der Waals surface area contributed by atoms with Gasteiger partial charge in [-0.1, -0.05) is 11.6 Å². The SMILES string of the molecule is O=[N+]([O-])c1ccc(OCc2cc(Cl)cc3c2OCOC3)c(CO)c1. The van der Waals surface area contributed by atoms with Crippen LogP contribution in [0.5, 0.6) is 11.5 Å². The zero-order valence-electron chi connectivity index (χ0n) is 12.5. The maximum absolute atomic E-state index is 10.8. The molecule has 126 valence electrons. The summed E-state index contributed by atoms with van der Waals surface area (Å²) in [7, 11) is 0. The van der Waals surface area contributed by atoms with Gasteiger partial charge in [-0.15, -0.1) is 0 Å². The van der Waals surface area contributed by atoms with Crippen LogP contribution in [0, 0.1) is 10.1 Å². The van der Waals surface area contributed by atoms with E-state index in [0.29, 0.717) is 28.7 Å². The first-order valence-electron chi connectivity index (χ1n) is 7.11. The number of halogens is 1. The van der Waals surface area contributed by atoms with Gasteiger partial charge in [0.15, 0.2) is 6.79 Å². The van der Waals surface area contributed by atoms with Crippen molar-refractivity contribution in [2.45, 2.75) is 19.8 Å². The molecule has 0 bridgehead atoms. The zero-order valence-corrected chi connectivity index (χ0v) is 13.3. The molecule has 3 rings (SSSR count). The number of nitrogens with zero attached hydrogens (tertiary/aromatic N) is 1. The number of nitro benzene ring substituents is 1. The third kappa shape index (κ3) is 3.43. The van der Waals surface area contributed by atoms with Crippen LogP contribution in [0.4, 0.5) is 5.69 Å². The molecular formula is C16H14ClNO6. The Kier molecular flexibility index (Phi) is 4.84. The summed E-state index contributed by atoms with van der Waals surface area (Å²) in [6.45, 7) is 0.339. The van der Waals surface area contributed by atoms with Crippen LogP contribution < -0.4 is 9.47 Å². The molecule has 0 radical (unpaired) electrons. The molecule has 0 amide bonds. The van der Waals surface area contributed by atoms with E-state index in [4.69, 9.17) is 25.8 Å². The summed E-state index contributed by atoms with van der Waals surface area (Å²) in [6.07, 6.45) is 0. The molecule has 2 aromatic carbocycles. The van der Waals surface area contributed by atoms with Crippen LogP contribution in [0.3, 0.4) is 0 Å². The van der Waals surface area contributed by atoms with Crippen molar-refractivity contribution >= 4 is 17.3 Å². The Balaban J connectivity index is 1.84. The Labute approximate surface area is 142 Å². The minimum Gasteiger partial charge on any atom is -0.488 e. The van der Waals surface area contributed by atoms with Crippen LogP contribution in [-0.4, -0.2) is 16.8 Å². The van der Waals surface area contributed by atoms with Gasteiger partial charge < -0.3 is 19.3 Å². The highest BCUT2D eigenvalue weighted by molar-refractivity contribution is 6.30. The lowest BCUT2D eigenvalue weighted by Crippen LogP contribution is -2.14. The van der Waals surface area contributed by atoms with Gasteiger partial charge in [0, 0.05) is 33.8 Å². The molecule has 1 aliphatic heterocycles. The molecule has 0 atom stereocenters. The molecular weight excluding hydrogens is 338 g/mol. The molecule has 0 saturated carbocycles. The van der Waals surface area contributed by atoms with E-state index >= 15 is 0 Å². The molecule has 2 aromatic rings. The number of hydrogen-bond acceptors (Lipinski definition) is 6. The minimum atomic E-state index is -0.524. The van der Waals surface area contributed by atoms with Gasteiger partial charge in [0.1, 0.15) is 18.1 Å². The molecule has 8 heteroatoms. The summed E-state index contributed by atoms with van der Waals surface area (Å²) in [5, 5.41) is 20.7. The van der Waals surface area contributed by atoms with Crippen LogP contribution in [0.2, 0.25) is 5.02 Å². The highest BCUT2D eigenvalue weighted by Gasteiger charge is 2.18. The number of hydrogen-bond donors (Lipinski definition) is 1. The van der Waals surface area contributed by atoms with E-state index in [2.05, 4.69) is 0 Å². The lowest BCUT2D eigenvalue weighted by atomic mass is 10.1. The first-order chi connectivity index (χ1) is 11.6. The lowest BCUT2D eigenvalue weighted by Gasteiger charge is -2.21. The summed E-state index contributed by atoms with van der Waals surface area (Å²) >= 11 is 6.10. The molecule has 0 fully saturated rings. The Bertz CT molecular complexity index is 779. The maximum Gasteiger partial charge on any atom is 0.270 e. The average molecular weight is 352 g/mol. The molecule has 1 aliphatic rings. The topological polar surface area (TPSA) is 91.1 Å². The van der Waals surface area contributed by atoms with Gasteiger partial charge in [0.05, 0.1) is 18.1 Å². The van der Waals surface area contributed by atoms with E-state index in [-0.39, 0.29) is 25.7 Å². The molecule has 1 heterocycles. The Hall–Kier alpha value is -2.35. The molecule has 7 nitrogen and oxygen atoms in total. The van der Waals surface area contributed by atoms with Crippen molar-refractivity contribution in [3.63, 3.8) is 0 Å². The van der Waals surface area contributed by atoms with Crippen molar-refractivity contribution in [2.75, 3.05) is 6.79 Å². The van der Waals surface area contributed by atoms with Crippen molar-refractivity contribution in [3.8, 4) is 11.5 Å². The maximum atomic E-state index is 10.8. The van der Waals surface area contributed by atoms with Gasteiger partial charge in [0.25, 0.3) is 5.69 Å². The van der Waals surface area contributed by atoms with Gasteiger partial charge >= 0.3 is 0 Å². The fourth-order valence-electron chi connectivity index (χ4n) is 2.46. The smallest absolute Gasteiger partial charge is 0.270 e. The second-order valence-corrected chi connectivity index (χ2v) is 5.60. The second kappa shape index (κ2) is 7.04. The summed E-state index contributed by atoms with van der Waals surface area (Å²) < 4.78 is 16.4. The Morgan fingerprint density at radius 3 is 2.88 bits per heavy atom. The van der Waals surface area contributed by atoms with Crippen LogP contribution >= 0.6 is 11.6 Å². The van der Waals surface area contributed by atoms with Gasteiger partial charge in [-0.2, -0.15) is 0 Å². The van der Waals surface area contributed by atoms with E-state index in [1.165, 1.54) is 18.2 Å². The van der Waals surface area contributed by atoms with E-state index in [1.54, 1.807) is 12.1 Å². The molecule has 24 heavy (non-hydrogen) atoms. The first-order valence-corrected chi connectivity index (χ1v) is 7.49. The van der Waals surface area contributed by atoms with Gasteiger partial charge in [0.2, 0.25) is 0 Å². The van der Waals surface area contributed by atoms with Crippen LogP contribution in [0.1, 0.15) is 16.7 Å². The largest absolute Gasteiger partial charge is 0.488 e. The molecule has 0 aliphatic carbocycles. The van der Waals surface area contributed by atoms with Crippen molar-refractivity contribution < 1.29 is 24.2 Å². The third-order valence-corrected chi connectivity index (χ3v) is 3.78. The summed E-state index contributed by atoms with van der Waals surface area (Å²) in [5.41, 5.74) is 1.80. The van der Waals surface area contributed by atoms with Gasteiger partial charge in [-0.05, 0) is 18.2 Å². The molecule has 0 saturated heterocycles. The highest BCUT2D eigenvalue weighted by Crippen LogP contribution is 2.33. The summed E-state index contributed by atoms with van der Waals surface area (Å²) in [6, 6.07) is 7.57. The number of nitro groups is 1. The van der Waals surface area contributed by atoms with Crippen LogP contribution in [0.25, 0.3) is 0 Å². The summed E-state index contributed by atoms with van der Waals surface area (Å²) in [5.74, 6) is 1.03. The predicted octanol–water partition coefficient (Wildman–Crippen LogP) is 3.19. The molecule has 0 aromatic heterocycles. The van der Waals surface area contributed by atoms with Crippen molar-refractivity contribution in [1.29, 1.82) is 0 Å². The monoisotopic (exact) mass is 351 g/mol. The fourth-order valence-corrected chi connectivity index (χ4v) is 2.73. The minimum absolute atomic E-state index is 0.105. The van der Waals surface area contributed by atoms with E-state index in [1.807, 2.05) is 0 Å². The van der Waals surface area contributed by atoms with E-state index in [9.17, 15) is 15.2 Å². The number of rotatable bonds is 5. The molecule has 0 unspecified atom stereocenters. The number of benzene rings is 2. The second-order valence-electron chi connectivity index (χ2n) is 5.16. The zero-order chi connectivity index (χ0) is 17.1. The van der Waals surface area contributed by atoms with Crippen LogP contribution in [0.15, 0.2) is 30.3 Å². The van der Waals surface area contributed by atoms with E-state index in [0.717, 1.165) is 11.1 Å². The van der Waals surface area contributed by atoms with Crippen molar-refractivity contribution in [3.05, 3.63) is 62.2 Å².